The van der Waals surface area contributed by atoms with Crippen LogP contribution in [-0.2, 0) is 9.59 Å². The highest BCUT2D eigenvalue weighted by Gasteiger charge is 2.11. The molecule has 0 fully saturated rings. The SMILES string of the molecule is CC(=O)Nc1cccc(C(C)NC(=O)COc2cc(C)ccc2C)c1. The predicted molar refractivity (Wildman–Crippen MR) is 98.7 cm³/mol. The second-order valence-corrected chi connectivity index (χ2v) is 6.15. The minimum absolute atomic E-state index is 0.0416. The quantitative estimate of drug-likeness (QED) is 0.845. The predicted octanol–water partition coefficient (Wildman–Crippen LogP) is 3.52. The van der Waals surface area contributed by atoms with Crippen LogP contribution in [0.15, 0.2) is 42.5 Å². The molecule has 5 heteroatoms. The average molecular weight is 340 g/mol. The lowest BCUT2D eigenvalue weighted by molar-refractivity contribution is -0.123. The molecule has 2 aromatic rings. The van der Waals surface area contributed by atoms with Crippen molar-refractivity contribution in [3.05, 3.63) is 59.2 Å². The van der Waals surface area contributed by atoms with Crippen molar-refractivity contribution >= 4 is 17.5 Å². The highest BCUT2D eigenvalue weighted by Crippen LogP contribution is 2.20. The number of carbonyl (C=O) groups excluding carboxylic acids is 2. The number of benzene rings is 2. The molecule has 0 spiro atoms. The zero-order valence-corrected chi connectivity index (χ0v) is 15.1. The molecule has 0 heterocycles. The molecule has 0 bridgehead atoms. The summed E-state index contributed by atoms with van der Waals surface area (Å²) in [6, 6.07) is 13.1. The molecule has 2 amide bonds. The first-order valence-electron chi connectivity index (χ1n) is 8.22. The van der Waals surface area contributed by atoms with E-state index in [2.05, 4.69) is 10.6 Å². The van der Waals surface area contributed by atoms with Gasteiger partial charge in [-0.3, -0.25) is 9.59 Å². The van der Waals surface area contributed by atoms with Gasteiger partial charge in [0.25, 0.3) is 5.91 Å². The van der Waals surface area contributed by atoms with Crippen LogP contribution in [0.5, 0.6) is 5.75 Å². The lowest BCUT2D eigenvalue weighted by atomic mass is 10.1. The topological polar surface area (TPSA) is 67.4 Å². The van der Waals surface area contributed by atoms with Gasteiger partial charge in [0, 0.05) is 12.6 Å². The number of hydrogen-bond acceptors (Lipinski definition) is 3. The van der Waals surface area contributed by atoms with Crippen LogP contribution in [-0.4, -0.2) is 18.4 Å². The smallest absolute Gasteiger partial charge is 0.258 e. The van der Waals surface area contributed by atoms with Gasteiger partial charge in [-0.05, 0) is 55.7 Å². The molecule has 1 atom stereocenters. The van der Waals surface area contributed by atoms with Crippen LogP contribution in [0, 0.1) is 13.8 Å². The zero-order valence-electron chi connectivity index (χ0n) is 15.1. The van der Waals surface area contributed by atoms with Crippen molar-refractivity contribution in [1.82, 2.24) is 5.32 Å². The highest BCUT2D eigenvalue weighted by molar-refractivity contribution is 5.88. The van der Waals surface area contributed by atoms with Crippen LogP contribution in [0.4, 0.5) is 5.69 Å². The van der Waals surface area contributed by atoms with E-state index in [1.165, 1.54) is 6.92 Å². The van der Waals surface area contributed by atoms with Crippen molar-refractivity contribution in [2.45, 2.75) is 33.7 Å². The van der Waals surface area contributed by atoms with Gasteiger partial charge in [0.05, 0.1) is 6.04 Å². The first kappa shape index (κ1) is 18.5. The molecule has 2 aromatic carbocycles. The summed E-state index contributed by atoms with van der Waals surface area (Å²) in [5.74, 6) is 0.393. The van der Waals surface area contributed by atoms with Crippen molar-refractivity contribution in [3.63, 3.8) is 0 Å². The third-order valence-electron chi connectivity index (χ3n) is 3.79. The fourth-order valence-corrected chi connectivity index (χ4v) is 2.46. The highest BCUT2D eigenvalue weighted by atomic mass is 16.5. The van der Waals surface area contributed by atoms with Gasteiger partial charge in [0.1, 0.15) is 5.75 Å². The summed E-state index contributed by atoms with van der Waals surface area (Å²) in [6.07, 6.45) is 0. The van der Waals surface area contributed by atoms with E-state index in [1.807, 2.05) is 63.2 Å². The lowest BCUT2D eigenvalue weighted by Gasteiger charge is -2.16. The third-order valence-corrected chi connectivity index (χ3v) is 3.79. The third kappa shape index (κ3) is 5.64. The van der Waals surface area contributed by atoms with Gasteiger partial charge in [0.2, 0.25) is 5.91 Å². The molecule has 5 nitrogen and oxygen atoms in total. The summed E-state index contributed by atoms with van der Waals surface area (Å²) in [7, 11) is 0. The Kier molecular flexibility index (Phi) is 6.17. The minimum Gasteiger partial charge on any atom is -0.483 e. The van der Waals surface area contributed by atoms with E-state index in [9.17, 15) is 9.59 Å². The maximum Gasteiger partial charge on any atom is 0.258 e. The van der Waals surface area contributed by atoms with E-state index in [0.29, 0.717) is 5.69 Å². The standard InChI is InChI=1S/C20H24N2O3/c1-13-8-9-14(2)19(10-13)25-12-20(24)21-15(3)17-6-5-7-18(11-17)22-16(4)23/h5-11,15H,12H2,1-4H3,(H,21,24)(H,22,23). The number of rotatable bonds is 6. The number of hydrogen-bond donors (Lipinski definition) is 2. The number of carbonyl (C=O) groups is 2. The molecule has 0 radical (unpaired) electrons. The second kappa shape index (κ2) is 8.33. The van der Waals surface area contributed by atoms with Crippen LogP contribution in [0.25, 0.3) is 0 Å². The molecule has 0 aliphatic carbocycles. The Hall–Kier alpha value is -2.82. The molecule has 2 rings (SSSR count). The molecule has 0 saturated carbocycles. The van der Waals surface area contributed by atoms with Gasteiger partial charge in [-0.25, -0.2) is 0 Å². The Labute approximate surface area is 148 Å². The Bertz CT molecular complexity index is 771. The van der Waals surface area contributed by atoms with Crippen molar-refractivity contribution < 1.29 is 14.3 Å². The number of ether oxygens (including phenoxy) is 1. The average Bonchev–Trinajstić information content (AvgIpc) is 2.55. The van der Waals surface area contributed by atoms with Gasteiger partial charge in [-0.1, -0.05) is 24.3 Å². The van der Waals surface area contributed by atoms with Gasteiger partial charge < -0.3 is 15.4 Å². The number of anilines is 1. The normalized spacial score (nSPS) is 11.5. The van der Waals surface area contributed by atoms with E-state index < -0.39 is 0 Å². The van der Waals surface area contributed by atoms with Crippen molar-refractivity contribution in [1.29, 1.82) is 0 Å². The summed E-state index contributed by atoms with van der Waals surface area (Å²) >= 11 is 0. The fraction of sp³-hybridized carbons (Fsp3) is 0.300. The monoisotopic (exact) mass is 340 g/mol. The molecule has 0 aliphatic rings. The summed E-state index contributed by atoms with van der Waals surface area (Å²) < 4.78 is 5.62. The van der Waals surface area contributed by atoms with Gasteiger partial charge in [0.15, 0.2) is 6.61 Å². The van der Waals surface area contributed by atoms with Crippen molar-refractivity contribution in [2.75, 3.05) is 11.9 Å². The molecule has 25 heavy (non-hydrogen) atoms. The van der Waals surface area contributed by atoms with E-state index >= 15 is 0 Å². The number of aryl methyl sites for hydroxylation is 2. The Morgan fingerprint density at radius 1 is 1.12 bits per heavy atom. The molecular formula is C20H24N2O3. The van der Waals surface area contributed by atoms with Crippen LogP contribution >= 0.6 is 0 Å². The second-order valence-electron chi connectivity index (χ2n) is 6.15. The van der Waals surface area contributed by atoms with Crippen LogP contribution in [0.1, 0.15) is 36.6 Å². The Balaban J connectivity index is 1.93. The van der Waals surface area contributed by atoms with E-state index in [4.69, 9.17) is 4.74 Å². The molecule has 132 valence electrons. The molecule has 1 unspecified atom stereocenters. The molecular weight excluding hydrogens is 316 g/mol. The first-order valence-corrected chi connectivity index (χ1v) is 8.22. The Morgan fingerprint density at radius 2 is 1.88 bits per heavy atom. The summed E-state index contributed by atoms with van der Waals surface area (Å²) in [6.45, 7) is 7.24. The van der Waals surface area contributed by atoms with Crippen molar-refractivity contribution in [2.24, 2.45) is 0 Å². The summed E-state index contributed by atoms with van der Waals surface area (Å²) in [5, 5.41) is 5.64. The maximum atomic E-state index is 12.2. The molecule has 0 saturated heterocycles. The molecule has 2 N–H and O–H groups in total. The van der Waals surface area contributed by atoms with Gasteiger partial charge >= 0.3 is 0 Å². The summed E-state index contributed by atoms with van der Waals surface area (Å²) in [5.41, 5.74) is 3.70. The van der Waals surface area contributed by atoms with E-state index in [0.717, 1.165) is 22.4 Å². The van der Waals surface area contributed by atoms with Crippen LogP contribution in [0.3, 0.4) is 0 Å². The molecule has 0 aromatic heterocycles. The van der Waals surface area contributed by atoms with Crippen molar-refractivity contribution in [3.8, 4) is 5.75 Å². The maximum absolute atomic E-state index is 12.2. The van der Waals surface area contributed by atoms with E-state index in [-0.39, 0.29) is 24.5 Å². The summed E-state index contributed by atoms with van der Waals surface area (Å²) in [4.78, 5) is 23.3. The zero-order chi connectivity index (χ0) is 18.4. The lowest BCUT2D eigenvalue weighted by Crippen LogP contribution is -2.31. The minimum atomic E-state index is -0.196. The van der Waals surface area contributed by atoms with Gasteiger partial charge in [-0.15, -0.1) is 0 Å². The van der Waals surface area contributed by atoms with E-state index in [1.54, 1.807) is 0 Å². The first-order chi connectivity index (χ1) is 11.8. The fourth-order valence-electron chi connectivity index (χ4n) is 2.46. The van der Waals surface area contributed by atoms with Gasteiger partial charge in [-0.2, -0.15) is 0 Å². The number of nitrogens with one attached hydrogen (secondary N) is 2. The number of amides is 2. The van der Waals surface area contributed by atoms with Crippen LogP contribution in [0.2, 0.25) is 0 Å². The van der Waals surface area contributed by atoms with Crippen LogP contribution < -0.4 is 15.4 Å². The Morgan fingerprint density at radius 3 is 2.60 bits per heavy atom. The molecule has 0 aliphatic heterocycles. The largest absolute Gasteiger partial charge is 0.483 e.